The maximum atomic E-state index is 13.4. The number of benzene rings is 1. The first-order valence-corrected chi connectivity index (χ1v) is 6.49. The molecular weight excluding hydrogens is 269 g/mol. The van der Waals surface area contributed by atoms with Crippen LogP contribution in [-0.4, -0.2) is 10.2 Å². The summed E-state index contributed by atoms with van der Waals surface area (Å²) in [4.78, 5) is 0. The SMILES string of the molecule is Nc1nnc(SCc2ccc(Cl)cc2F)s1. The fourth-order valence-electron chi connectivity index (χ4n) is 1.06. The number of nitrogens with two attached hydrogens (primary N) is 1. The van der Waals surface area contributed by atoms with Crippen LogP contribution in [0.4, 0.5) is 9.52 Å². The molecule has 2 N–H and O–H groups in total. The van der Waals surface area contributed by atoms with Crippen molar-refractivity contribution in [1.82, 2.24) is 10.2 Å². The smallest absolute Gasteiger partial charge is 0.203 e. The van der Waals surface area contributed by atoms with Gasteiger partial charge in [0.2, 0.25) is 5.13 Å². The van der Waals surface area contributed by atoms with Gasteiger partial charge in [-0.15, -0.1) is 10.2 Å². The molecule has 0 aliphatic carbocycles. The van der Waals surface area contributed by atoms with Crippen LogP contribution >= 0.6 is 34.7 Å². The highest BCUT2D eigenvalue weighted by Crippen LogP contribution is 2.28. The van der Waals surface area contributed by atoms with Crippen molar-refractivity contribution in [3.8, 4) is 0 Å². The third-order valence-corrected chi connectivity index (χ3v) is 3.96. The first kappa shape index (κ1) is 11.6. The van der Waals surface area contributed by atoms with E-state index in [1.54, 1.807) is 12.1 Å². The molecule has 0 spiro atoms. The number of rotatable bonds is 3. The molecule has 0 saturated carbocycles. The monoisotopic (exact) mass is 275 g/mol. The zero-order chi connectivity index (χ0) is 11.5. The molecule has 2 rings (SSSR count). The third kappa shape index (κ3) is 2.84. The van der Waals surface area contributed by atoms with Gasteiger partial charge in [0.25, 0.3) is 0 Å². The van der Waals surface area contributed by atoms with Gasteiger partial charge in [0, 0.05) is 10.8 Å². The van der Waals surface area contributed by atoms with Crippen LogP contribution in [0.1, 0.15) is 5.56 Å². The summed E-state index contributed by atoms with van der Waals surface area (Å²) >= 11 is 8.34. The second kappa shape index (κ2) is 4.99. The molecule has 3 nitrogen and oxygen atoms in total. The zero-order valence-electron chi connectivity index (χ0n) is 7.98. The Kier molecular flexibility index (Phi) is 3.63. The van der Waals surface area contributed by atoms with Gasteiger partial charge in [0.15, 0.2) is 4.34 Å². The van der Waals surface area contributed by atoms with Crippen LogP contribution in [-0.2, 0) is 5.75 Å². The van der Waals surface area contributed by atoms with E-state index in [4.69, 9.17) is 17.3 Å². The molecule has 7 heteroatoms. The van der Waals surface area contributed by atoms with Crippen LogP contribution < -0.4 is 5.73 Å². The Morgan fingerprint density at radius 1 is 1.44 bits per heavy atom. The van der Waals surface area contributed by atoms with Gasteiger partial charge in [0.1, 0.15) is 5.82 Å². The van der Waals surface area contributed by atoms with Crippen molar-refractivity contribution in [2.24, 2.45) is 0 Å². The minimum Gasteiger partial charge on any atom is -0.374 e. The van der Waals surface area contributed by atoms with Crippen molar-refractivity contribution in [3.05, 3.63) is 34.6 Å². The normalized spacial score (nSPS) is 10.6. The summed E-state index contributed by atoms with van der Waals surface area (Å²) in [7, 11) is 0. The lowest BCUT2D eigenvalue weighted by molar-refractivity contribution is 0.617. The number of anilines is 1. The van der Waals surface area contributed by atoms with Crippen LogP contribution in [0.5, 0.6) is 0 Å². The molecular formula is C9H7ClFN3S2. The van der Waals surface area contributed by atoms with Gasteiger partial charge >= 0.3 is 0 Å². The molecule has 1 heterocycles. The molecule has 0 fully saturated rings. The van der Waals surface area contributed by atoms with Gasteiger partial charge in [-0.25, -0.2) is 4.39 Å². The third-order valence-electron chi connectivity index (χ3n) is 1.79. The number of thioether (sulfide) groups is 1. The van der Waals surface area contributed by atoms with Gasteiger partial charge in [0.05, 0.1) is 0 Å². The molecule has 0 amide bonds. The molecule has 0 atom stereocenters. The molecule has 16 heavy (non-hydrogen) atoms. The van der Waals surface area contributed by atoms with Crippen molar-refractivity contribution < 1.29 is 4.39 Å². The lowest BCUT2D eigenvalue weighted by atomic mass is 10.2. The summed E-state index contributed by atoms with van der Waals surface area (Å²) in [6.45, 7) is 0. The molecule has 2 aromatic rings. The highest BCUT2D eigenvalue weighted by molar-refractivity contribution is 8.00. The summed E-state index contributed by atoms with van der Waals surface area (Å²) < 4.78 is 14.1. The van der Waals surface area contributed by atoms with Crippen molar-refractivity contribution in [2.45, 2.75) is 10.1 Å². The zero-order valence-corrected chi connectivity index (χ0v) is 10.4. The van der Waals surface area contributed by atoms with Gasteiger partial charge < -0.3 is 5.73 Å². The van der Waals surface area contributed by atoms with E-state index in [9.17, 15) is 4.39 Å². The predicted molar refractivity (Wildman–Crippen MR) is 65.3 cm³/mol. The van der Waals surface area contributed by atoms with E-state index in [1.165, 1.54) is 29.2 Å². The molecule has 1 aromatic carbocycles. The van der Waals surface area contributed by atoms with Gasteiger partial charge in [-0.2, -0.15) is 0 Å². The number of aromatic nitrogens is 2. The Labute approximate surface area is 105 Å². The van der Waals surface area contributed by atoms with Crippen molar-refractivity contribution >= 4 is 39.8 Å². The Balaban J connectivity index is 2.04. The maximum Gasteiger partial charge on any atom is 0.203 e. The highest BCUT2D eigenvalue weighted by Gasteiger charge is 2.06. The van der Waals surface area contributed by atoms with E-state index in [2.05, 4.69) is 10.2 Å². The second-order valence-electron chi connectivity index (χ2n) is 2.93. The largest absolute Gasteiger partial charge is 0.374 e. The molecule has 0 radical (unpaired) electrons. The van der Waals surface area contributed by atoms with Gasteiger partial charge in [-0.05, 0) is 17.7 Å². The predicted octanol–water partition coefficient (Wildman–Crippen LogP) is 3.21. The summed E-state index contributed by atoms with van der Waals surface area (Å²) in [5.41, 5.74) is 6.02. The summed E-state index contributed by atoms with van der Waals surface area (Å²) in [6.07, 6.45) is 0. The number of nitrogens with zero attached hydrogens (tertiary/aromatic N) is 2. The van der Waals surface area contributed by atoms with Crippen LogP contribution in [0.15, 0.2) is 22.5 Å². The maximum absolute atomic E-state index is 13.4. The topological polar surface area (TPSA) is 51.8 Å². The molecule has 1 aromatic heterocycles. The highest BCUT2D eigenvalue weighted by atomic mass is 35.5. The minimum atomic E-state index is -0.308. The lowest BCUT2D eigenvalue weighted by Gasteiger charge is -2.01. The summed E-state index contributed by atoms with van der Waals surface area (Å²) in [5, 5.41) is 8.32. The first-order chi connectivity index (χ1) is 7.65. The first-order valence-electron chi connectivity index (χ1n) is 4.31. The van der Waals surface area contributed by atoms with Crippen molar-refractivity contribution in [1.29, 1.82) is 0 Å². The van der Waals surface area contributed by atoms with Crippen molar-refractivity contribution in [2.75, 3.05) is 5.73 Å². The van der Waals surface area contributed by atoms with E-state index in [-0.39, 0.29) is 5.82 Å². The Morgan fingerprint density at radius 3 is 2.88 bits per heavy atom. The quantitative estimate of drug-likeness (QED) is 0.874. The lowest BCUT2D eigenvalue weighted by Crippen LogP contribution is -1.87. The van der Waals surface area contributed by atoms with Crippen LogP contribution in [0.25, 0.3) is 0 Å². The molecule has 0 saturated heterocycles. The number of halogens is 2. The van der Waals surface area contributed by atoms with E-state index >= 15 is 0 Å². The van der Waals surface area contributed by atoms with Crippen LogP contribution in [0.2, 0.25) is 5.02 Å². The average molecular weight is 276 g/mol. The second-order valence-corrected chi connectivity index (χ2v) is 5.60. The molecule has 84 valence electrons. The summed E-state index contributed by atoms with van der Waals surface area (Å²) in [5.74, 6) is 0.176. The van der Waals surface area contributed by atoms with Crippen LogP contribution in [0, 0.1) is 5.82 Å². The van der Waals surface area contributed by atoms with Crippen molar-refractivity contribution in [3.63, 3.8) is 0 Å². The molecule has 0 bridgehead atoms. The fraction of sp³-hybridized carbons (Fsp3) is 0.111. The summed E-state index contributed by atoms with van der Waals surface area (Å²) in [6, 6.07) is 4.62. The van der Waals surface area contributed by atoms with Crippen LogP contribution in [0.3, 0.4) is 0 Å². The van der Waals surface area contributed by atoms with E-state index in [0.29, 0.717) is 21.5 Å². The van der Waals surface area contributed by atoms with Gasteiger partial charge in [-0.3, -0.25) is 0 Å². The Morgan fingerprint density at radius 2 is 2.25 bits per heavy atom. The number of nitrogen functional groups attached to an aromatic ring is 1. The van der Waals surface area contributed by atoms with E-state index in [1.807, 2.05) is 0 Å². The van der Waals surface area contributed by atoms with E-state index < -0.39 is 0 Å². The van der Waals surface area contributed by atoms with Gasteiger partial charge in [-0.1, -0.05) is 40.8 Å². The number of hydrogen-bond donors (Lipinski definition) is 1. The standard InChI is InChI=1S/C9H7ClFN3S2/c10-6-2-1-5(7(11)3-6)4-15-9-14-13-8(12)16-9/h1-3H,4H2,(H2,12,13). The average Bonchev–Trinajstić information content (AvgIpc) is 2.63. The fourth-order valence-corrected chi connectivity index (χ4v) is 2.84. The number of hydrogen-bond acceptors (Lipinski definition) is 5. The molecule has 0 unspecified atom stereocenters. The van der Waals surface area contributed by atoms with E-state index in [0.717, 1.165) is 4.34 Å². The molecule has 0 aliphatic rings. The Bertz CT molecular complexity index is 503. The molecule has 0 aliphatic heterocycles. The Hall–Kier alpha value is -0.850. The minimum absolute atomic E-state index is 0.308.